The lowest BCUT2D eigenvalue weighted by Crippen LogP contribution is -2.52. The summed E-state index contributed by atoms with van der Waals surface area (Å²) in [7, 11) is -4.10. The number of morpholine rings is 1. The van der Waals surface area contributed by atoms with Gasteiger partial charge in [0.05, 0.1) is 29.1 Å². The first-order valence-electron chi connectivity index (χ1n) is 8.40. The lowest BCUT2D eigenvalue weighted by molar-refractivity contribution is -0.386. The van der Waals surface area contributed by atoms with E-state index in [2.05, 4.69) is 0 Å². The maximum absolute atomic E-state index is 12.4. The fourth-order valence-electron chi connectivity index (χ4n) is 2.48. The number of nitrogens with two attached hydrogens (primary N) is 1. The number of nitro groups is 1. The Hall–Kier alpha value is -2.44. The molecule has 12 heteroatoms. The minimum absolute atomic E-state index is 0.102. The van der Waals surface area contributed by atoms with Crippen molar-refractivity contribution in [2.24, 2.45) is 5.14 Å². The van der Waals surface area contributed by atoms with Gasteiger partial charge in [0.1, 0.15) is 12.2 Å². The zero-order chi connectivity index (χ0) is 21.1. The number of hydrogen-bond acceptors (Lipinski definition) is 8. The smallest absolute Gasteiger partial charge is 0.410 e. The van der Waals surface area contributed by atoms with Crippen LogP contribution in [0.4, 0.5) is 10.5 Å². The number of sulfonamides is 1. The summed E-state index contributed by atoms with van der Waals surface area (Å²) in [5.41, 5.74) is -1.23. The normalized spacial score (nSPS) is 17.9. The van der Waals surface area contributed by atoms with Crippen LogP contribution < -0.4 is 9.88 Å². The van der Waals surface area contributed by atoms with Gasteiger partial charge in [-0.15, -0.1) is 0 Å². The number of rotatable bonds is 5. The molecule has 1 heterocycles. The van der Waals surface area contributed by atoms with Crippen LogP contribution in [0.1, 0.15) is 20.8 Å². The number of carbonyl (C=O) groups excluding carboxylic acids is 1. The quantitative estimate of drug-likeness (QED) is 0.555. The minimum Gasteiger partial charge on any atom is -0.485 e. The molecule has 28 heavy (non-hydrogen) atoms. The van der Waals surface area contributed by atoms with E-state index in [9.17, 15) is 23.3 Å². The molecule has 1 atom stereocenters. The molecule has 1 fully saturated rings. The molecule has 0 saturated carbocycles. The Morgan fingerprint density at radius 1 is 1.43 bits per heavy atom. The number of amides is 1. The van der Waals surface area contributed by atoms with E-state index in [1.807, 2.05) is 0 Å². The van der Waals surface area contributed by atoms with E-state index in [-0.39, 0.29) is 25.5 Å². The second kappa shape index (κ2) is 8.29. The highest BCUT2D eigenvalue weighted by molar-refractivity contribution is 7.89. The van der Waals surface area contributed by atoms with Crippen LogP contribution in [0.2, 0.25) is 0 Å². The Morgan fingerprint density at radius 2 is 2.11 bits per heavy atom. The van der Waals surface area contributed by atoms with E-state index >= 15 is 0 Å². The highest BCUT2D eigenvalue weighted by atomic mass is 32.2. The first-order chi connectivity index (χ1) is 12.9. The molecule has 2 rings (SSSR count). The Bertz CT molecular complexity index is 850. The number of nitro benzene ring substituents is 1. The lowest BCUT2D eigenvalue weighted by Gasteiger charge is -2.36. The summed E-state index contributed by atoms with van der Waals surface area (Å²) in [5.74, 6) is -0.146. The van der Waals surface area contributed by atoms with Crippen LogP contribution in [-0.4, -0.2) is 62.3 Å². The van der Waals surface area contributed by atoms with Crippen molar-refractivity contribution >= 4 is 21.8 Å². The summed E-state index contributed by atoms with van der Waals surface area (Å²) in [6, 6.07) is 2.56. The van der Waals surface area contributed by atoms with Gasteiger partial charge in [0.2, 0.25) is 10.0 Å². The number of ether oxygens (including phenoxy) is 3. The predicted octanol–water partition coefficient (Wildman–Crippen LogP) is 1.26. The maximum atomic E-state index is 12.4. The van der Waals surface area contributed by atoms with Crippen LogP contribution in [0.3, 0.4) is 0 Å². The lowest BCUT2D eigenvalue weighted by atomic mass is 10.2. The summed E-state index contributed by atoms with van der Waals surface area (Å²) < 4.78 is 39.0. The molecule has 0 aromatic heterocycles. The Balaban J connectivity index is 2.17. The standard InChI is InChI=1S/C16H23N3O8S/c1-16(2,3)27-15(20)18-6-7-25-9-11(18)10-26-14-5-4-12(28(17,23)24)8-13(14)19(21)22/h4-5,8,11H,6-7,9-10H2,1-3H3,(H2,17,23,24)/t11-/m1/s1. The third-order valence-corrected chi connectivity index (χ3v) is 4.65. The van der Waals surface area contributed by atoms with Gasteiger partial charge in [0, 0.05) is 12.6 Å². The molecule has 11 nitrogen and oxygen atoms in total. The van der Waals surface area contributed by atoms with Gasteiger partial charge >= 0.3 is 11.8 Å². The number of nitrogens with zero attached hydrogens (tertiary/aromatic N) is 2. The molecule has 2 N–H and O–H groups in total. The van der Waals surface area contributed by atoms with Gasteiger partial charge in [0.25, 0.3) is 0 Å². The second-order valence-electron chi connectivity index (χ2n) is 7.15. The van der Waals surface area contributed by atoms with Gasteiger partial charge in [-0.2, -0.15) is 0 Å². The van der Waals surface area contributed by atoms with Crippen LogP contribution in [0.15, 0.2) is 23.1 Å². The van der Waals surface area contributed by atoms with Crippen LogP contribution in [0, 0.1) is 10.1 Å². The molecule has 0 spiro atoms. The number of benzene rings is 1. The molecule has 0 bridgehead atoms. The van der Waals surface area contributed by atoms with E-state index in [1.54, 1.807) is 20.8 Å². The van der Waals surface area contributed by atoms with Crippen molar-refractivity contribution in [3.63, 3.8) is 0 Å². The SMILES string of the molecule is CC(C)(C)OC(=O)N1CCOC[C@@H]1COc1ccc(S(N)(=O)=O)cc1[N+](=O)[O-]. The molecule has 1 aromatic rings. The average molecular weight is 417 g/mol. The van der Waals surface area contributed by atoms with E-state index in [1.165, 1.54) is 4.90 Å². The number of hydrogen-bond donors (Lipinski definition) is 1. The first-order valence-corrected chi connectivity index (χ1v) is 9.94. The van der Waals surface area contributed by atoms with Crippen molar-refractivity contribution < 1.29 is 32.3 Å². The molecule has 1 aromatic carbocycles. The van der Waals surface area contributed by atoms with Crippen molar-refractivity contribution in [1.82, 2.24) is 4.90 Å². The van der Waals surface area contributed by atoms with Crippen molar-refractivity contribution in [3.05, 3.63) is 28.3 Å². The molecule has 1 aliphatic heterocycles. The third-order valence-electron chi connectivity index (χ3n) is 3.74. The minimum atomic E-state index is -4.10. The average Bonchev–Trinajstić information content (AvgIpc) is 2.57. The zero-order valence-corrected chi connectivity index (χ0v) is 16.6. The summed E-state index contributed by atoms with van der Waals surface area (Å²) in [5, 5.41) is 16.3. The van der Waals surface area contributed by atoms with Gasteiger partial charge in [-0.3, -0.25) is 15.0 Å². The number of carbonyl (C=O) groups is 1. The van der Waals surface area contributed by atoms with E-state index in [0.717, 1.165) is 18.2 Å². The Morgan fingerprint density at radius 3 is 2.68 bits per heavy atom. The van der Waals surface area contributed by atoms with Crippen LogP contribution >= 0.6 is 0 Å². The van der Waals surface area contributed by atoms with Gasteiger partial charge < -0.3 is 14.2 Å². The van der Waals surface area contributed by atoms with E-state index in [4.69, 9.17) is 19.3 Å². The summed E-state index contributed by atoms with van der Waals surface area (Å²) in [6.45, 7) is 5.92. The Kier molecular flexibility index (Phi) is 6.47. The Labute approximate surface area is 162 Å². The van der Waals surface area contributed by atoms with Gasteiger partial charge in [-0.05, 0) is 32.9 Å². The highest BCUT2D eigenvalue weighted by Crippen LogP contribution is 2.30. The molecular weight excluding hydrogens is 394 g/mol. The second-order valence-corrected chi connectivity index (χ2v) is 8.71. The summed E-state index contributed by atoms with van der Waals surface area (Å²) >= 11 is 0. The van der Waals surface area contributed by atoms with Gasteiger partial charge in [0.15, 0.2) is 5.75 Å². The van der Waals surface area contributed by atoms with Crippen molar-refractivity contribution in [2.75, 3.05) is 26.4 Å². The molecule has 156 valence electrons. The van der Waals surface area contributed by atoms with E-state index in [0.29, 0.717) is 6.61 Å². The summed E-state index contributed by atoms with van der Waals surface area (Å²) in [4.78, 5) is 23.9. The molecule has 0 aliphatic carbocycles. The van der Waals surface area contributed by atoms with Crippen LogP contribution in [0.25, 0.3) is 0 Å². The highest BCUT2D eigenvalue weighted by Gasteiger charge is 2.32. The van der Waals surface area contributed by atoms with Crippen molar-refractivity contribution in [2.45, 2.75) is 37.3 Å². The predicted molar refractivity (Wildman–Crippen MR) is 97.5 cm³/mol. The van der Waals surface area contributed by atoms with Crippen LogP contribution in [0.5, 0.6) is 5.75 Å². The van der Waals surface area contributed by atoms with Crippen molar-refractivity contribution in [1.29, 1.82) is 0 Å². The fourth-order valence-corrected chi connectivity index (χ4v) is 3.01. The van der Waals surface area contributed by atoms with Crippen LogP contribution in [-0.2, 0) is 19.5 Å². The summed E-state index contributed by atoms with van der Waals surface area (Å²) in [6.07, 6.45) is -0.538. The molecule has 1 aliphatic rings. The van der Waals surface area contributed by atoms with Crippen molar-refractivity contribution in [3.8, 4) is 5.75 Å². The number of primary sulfonamides is 1. The topological polar surface area (TPSA) is 151 Å². The molecule has 0 unspecified atom stereocenters. The largest absolute Gasteiger partial charge is 0.485 e. The van der Waals surface area contributed by atoms with Gasteiger partial charge in [-0.1, -0.05) is 0 Å². The zero-order valence-electron chi connectivity index (χ0n) is 15.8. The van der Waals surface area contributed by atoms with Gasteiger partial charge in [-0.25, -0.2) is 18.4 Å². The molecule has 1 saturated heterocycles. The monoisotopic (exact) mass is 417 g/mol. The molecular formula is C16H23N3O8S. The van der Waals surface area contributed by atoms with E-state index < -0.39 is 43.3 Å². The first kappa shape index (κ1) is 21.9. The fraction of sp³-hybridized carbons (Fsp3) is 0.562. The molecule has 0 radical (unpaired) electrons. The molecule has 1 amide bonds. The maximum Gasteiger partial charge on any atom is 0.410 e. The third kappa shape index (κ3) is 5.78.